The zero-order chi connectivity index (χ0) is 42.4. The van der Waals surface area contributed by atoms with E-state index in [1.807, 2.05) is 0 Å². The average Bonchev–Trinajstić information content (AvgIpc) is 3.30. The Morgan fingerprint density at radius 1 is 0.258 bits per heavy atom. The number of fused-ring (bicyclic) bond motifs is 2. The Labute approximate surface area is 367 Å². The smallest absolute Gasteiger partial charge is 0.00987 e. The van der Waals surface area contributed by atoms with E-state index in [4.69, 9.17) is 0 Å². The van der Waals surface area contributed by atoms with Crippen molar-refractivity contribution in [1.29, 1.82) is 0 Å². The Morgan fingerprint density at radius 2 is 0.500 bits per heavy atom. The van der Waals surface area contributed by atoms with Gasteiger partial charge in [0, 0.05) is 0 Å². The van der Waals surface area contributed by atoms with Crippen LogP contribution < -0.4 is 0 Å². The summed E-state index contributed by atoms with van der Waals surface area (Å²) in [5.41, 5.74) is 19.4. The van der Waals surface area contributed by atoms with Gasteiger partial charge in [0.05, 0.1) is 0 Å². The van der Waals surface area contributed by atoms with Gasteiger partial charge in [0.1, 0.15) is 0 Å². The molecule has 0 aliphatic rings. The van der Waals surface area contributed by atoms with Gasteiger partial charge < -0.3 is 0 Å². The number of benzene rings is 9. The molecule has 0 radical (unpaired) electrons. The molecule has 0 unspecified atom stereocenters. The molecule has 0 heterocycles. The Hall–Kier alpha value is -7.54. The first-order chi connectivity index (χ1) is 30.4. The second-order valence-electron chi connectivity index (χ2n) is 16.4. The predicted molar refractivity (Wildman–Crippen MR) is 271 cm³/mol. The lowest BCUT2D eigenvalue weighted by Gasteiger charge is -2.14. The fraction of sp³-hybridized carbons (Fsp3) is 0.0645. The van der Waals surface area contributed by atoms with Crippen molar-refractivity contribution in [2.75, 3.05) is 0 Å². The summed E-state index contributed by atoms with van der Waals surface area (Å²) < 4.78 is 0. The topological polar surface area (TPSA) is 0 Å². The van der Waals surface area contributed by atoms with Crippen LogP contribution in [0.15, 0.2) is 194 Å². The highest BCUT2D eigenvalue weighted by Gasteiger charge is 2.13. The van der Waals surface area contributed by atoms with Crippen molar-refractivity contribution in [1.82, 2.24) is 0 Å². The van der Waals surface area contributed by atoms with Crippen LogP contribution in [0.1, 0.15) is 77.9 Å². The Kier molecular flexibility index (Phi) is 11.6. The number of aryl methyl sites for hydroxylation is 4. The van der Waals surface area contributed by atoms with Gasteiger partial charge >= 0.3 is 0 Å². The molecule has 62 heavy (non-hydrogen) atoms. The van der Waals surface area contributed by atoms with Crippen molar-refractivity contribution in [2.24, 2.45) is 0 Å². The highest BCUT2D eigenvalue weighted by atomic mass is 14.2. The van der Waals surface area contributed by atoms with Gasteiger partial charge in [-0.15, -0.1) is 0 Å². The number of hydrogen-bond donors (Lipinski definition) is 0. The van der Waals surface area contributed by atoms with E-state index in [9.17, 15) is 0 Å². The maximum absolute atomic E-state index is 2.34. The van der Waals surface area contributed by atoms with E-state index >= 15 is 0 Å². The Balaban J connectivity index is 1.13. The molecule has 9 aromatic rings. The van der Waals surface area contributed by atoms with Crippen LogP contribution in [0.2, 0.25) is 0 Å². The molecule has 0 fully saturated rings. The summed E-state index contributed by atoms with van der Waals surface area (Å²) in [5, 5.41) is 4.90. The van der Waals surface area contributed by atoms with Crippen LogP contribution in [0, 0.1) is 27.7 Å². The fourth-order valence-corrected chi connectivity index (χ4v) is 8.40. The van der Waals surface area contributed by atoms with Crippen LogP contribution in [0.25, 0.3) is 69.1 Å². The molecule has 0 aromatic heterocycles. The van der Waals surface area contributed by atoms with Crippen LogP contribution in [-0.4, -0.2) is 0 Å². The largest absolute Gasteiger partial charge is 0.0616 e. The first kappa shape index (κ1) is 39.9. The second kappa shape index (κ2) is 18.0. The minimum absolute atomic E-state index is 1.17. The molecular formula is C62H50. The monoisotopic (exact) mass is 794 g/mol. The van der Waals surface area contributed by atoms with E-state index in [1.54, 1.807) is 0 Å². The molecule has 0 N–H and O–H groups in total. The summed E-state index contributed by atoms with van der Waals surface area (Å²) in [7, 11) is 0. The van der Waals surface area contributed by atoms with Gasteiger partial charge in [0.2, 0.25) is 0 Å². The van der Waals surface area contributed by atoms with E-state index in [-0.39, 0.29) is 0 Å². The molecule has 0 aliphatic carbocycles. The molecule has 0 saturated heterocycles. The SMILES string of the molecule is Cc1ccc(C(=Cc2ccccc2C=Cc2c3ccccc3c(C=Cc3ccccc3C=C(c3ccc(C)cc3)c3ccc(C)cc3)c3ccccc23)c2ccc(C)cc2)cc1. The molecule has 0 nitrogen and oxygen atoms in total. The first-order valence-electron chi connectivity index (χ1n) is 21.6. The molecular weight excluding hydrogens is 745 g/mol. The highest BCUT2D eigenvalue weighted by molar-refractivity contribution is 6.14. The second-order valence-corrected chi connectivity index (χ2v) is 16.4. The summed E-state index contributed by atoms with van der Waals surface area (Å²) in [6, 6.07) is 70.6. The molecule has 0 aliphatic heterocycles. The molecule has 0 atom stereocenters. The maximum atomic E-state index is 2.34. The predicted octanol–water partition coefficient (Wildman–Crippen LogP) is 16.7. The zero-order valence-electron chi connectivity index (χ0n) is 35.9. The van der Waals surface area contributed by atoms with Crippen molar-refractivity contribution in [3.8, 4) is 0 Å². The molecule has 0 bridgehead atoms. The molecule has 9 aromatic carbocycles. The maximum Gasteiger partial charge on any atom is -0.00987 e. The number of hydrogen-bond acceptors (Lipinski definition) is 0. The van der Waals surface area contributed by atoms with Gasteiger partial charge in [-0.1, -0.05) is 241 Å². The standard InChI is InChI=1S/C62H50/c1-43-21-29-49(30-22-43)61(50-31-23-44(2)24-32-50)41-53-15-7-5-13-47(53)37-39-59-55-17-9-11-19-57(55)60(58-20-12-10-18-56(58)59)40-38-48-14-6-8-16-54(48)42-62(51-33-25-45(3)26-34-51)52-35-27-46(4)28-36-52/h5-42H,1-4H3. The van der Waals surface area contributed by atoms with Gasteiger partial charge in [-0.2, -0.15) is 0 Å². The molecule has 0 amide bonds. The van der Waals surface area contributed by atoms with Crippen LogP contribution in [-0.2, 0) is 0 Å². The molecule has 0 spiro atoms. The summed E-state index contributed by atoms with van der Waals surface area (Å²) in [5.74, 6) is 0. The van der Waals surface area contributed by atoms with Gasteiger partial charge in [-0.3, -0.25) is 0 Å². The van der Waals surface area contributed by atoms with E-state index < -0.39 is 0 Å². The minimum Gasteiger partial charge on any atom is -0.0616 e. The highest BCUT2D eigenvalue weighted by Crippen LogP contribution is 2.37. The molecule has 0 heteroatoms. The average molecular weight is 795 g/mol. The van der Waals surface area contributed by atoms with Gasteiger partial charge in [0.15, 0.2) is 0 Å². The first-order valence-corrected chi connectivity index (χ1v) is 21.6. The third kappa shape index (κ3) is 8.69. The van der Waals surface area contributed by atoms with E-state index in [1.165, 1.54) is 111 Å². The van der Waals surface area contributed by atoms with Gasteiger partial charge in [0.25, 0.3) is 0 Å². The van der Waals surface area contributed by atoms with E-state index in [2.05, 4.69) is 258 Å². The van der Waals surface area contributed by atoms with E-state index in [0.29, 0.717) is 0 Å². The molecule has 298 valence electrons. The lowest BCUT2D eigenvalue weighted by atomic mass is 9.90. The lowest BCUT2D eigenvalue weighted by Crippen LogP contribution is -1.91. The van der Waals surface area contributed by atoms with Crippen molar-refractivity contribution in [3.63, 3.8) is 0 Å². The van der Waals surface area contributed by atoms with Crippen molar-refractivity contribution in [2.45, 2.75) is 27.7 Å². The lowest BCUT2D eigenvalue weighted by molar-refractivity contribution is 1.43. The molecule has 9 rings (SSSR count). The van der Waals surface area contributed by atoms with Crippen molar-refractivity contribution in [3.05, 3.63) is 272 Å². The van der Waals surface area contributed by atoms with Crippen LogP contribution >= 0.6 is 0 Å². The zero-order valence-corrected chi connectivity index (χ0v) is 35.9. The third-order valence-corrected chi connectivity index (χ3v) is 11.9. The third-order valence-electron chi connectivity index (χ3n) is 11.9. The summed E-state index contributed by atoms with van der Waals surface area (Å²) in [6.07, 6.45) is 13.9. The van der Waals surface area contributed by atoms with Crippen LogP contribution in [0.4, 0.5) is 0 Å². The van der Waals surface area contributed by atoms with Gasteiger partial charge in [-0.05, 0) is 128 Å². The van der Waals surface area contributed by atoms with E-state index in [0.717, 1.165) is 0 Å². The van der Waals surface area contributed by atoms with Gasteiger partial charge in [-0.25, -0.2) is 0 Å². The Bertz CT molecular complexity index is 2780. The summed E-state index contributed by atoms with van der Waals surface area (Å²) >= 11 is 0. The fourth-order valence-electron chi connectivity index (χ4n) is 8.40. The normalized spacial score (nSPS) is 11.4. The quantitative estimate of drug-likeness (QED) is 0.0955. The van der Waals surface area contributed by atoms with Crippen LogP contribution in [0.5, 0.6) is 0 Å². The Morgan fingerprint density at radius 3 is 0.774 bits per heavy atom. The number of rotatable bonds is 10. The minimum atomic E-state index is 1.17. The van der Waals surface area contributed by atoms with Crippen molar-refractivity contribution < 1.29 is 0 Å². The molecule has 0 saturated carbocycles. The van der Waals surface area contributed by atoms with Crippen molar-refractivity contribution >= 4 is 69.1 Å². The summed E-state index contributed by atoms with van der Waals surface area (Å²) in [6.45, 7) is 8.57. The van der Waals surface area contributed by atoms with Crippen LogP contribution in [0.3, 0.4) is 0 Å². The summed E-state index contributed by atoms with van der Waals surface area (Å²) in [4.78, 5) is 0.